The van der Waals surface area contributed by atoms with Crippen LogP contribution in [0, 0.1) is 11.7 Å². The molecule has 4 aromatic rings. The molecule has 1 saturated heterocycles. The number of amides is 2. The van der Waals surface area contributed by atoms with Crippen LogP contribution in [0.15, 0.2) is 79.1 Å². The molecule has 1 N–H and O–H groups in total. The van der Waals surface area contributed by atoms with Gasteiger partial charge in [0.2, 0.25) is 11.8 Å². The molecule has 0 saturated carbocycles. The Hall–Kier alpha value is -4.00. The second-order valence-electron chi connectivity index (χ2n) is 7.50. The molecule has 3 aromatic carbocycles. The minimum Gasteiger partial charge on any atom is -0.326 e. The maximum atomic E-state index is 14.0. The third kappa shape index (κ3) is 3.54. The number of aromatic nitrogens is 2. The summed E-state index contributed by atoms with van der Waals surface area (Å²) in [5.41, 5.74) is 3.67. The number of imidazole rings is 1. The van der Waals surface area contributed by atoms with Crippen LogP contribution in [0.25, 0.3) is 16.7 Å². The fraction of sp³-hybridized carbons (Fsp3) is 0.125. The maximum absolute atomic E-state index is 14.0. The Morgan fingerprint density at radius 2 is 1.74 bits per heavy atom. The third-order valence-electron chi connectivity index (χ3n) is 5.51. The molecule has 1 aliphatic rings. The zero-order valence-corrected chi connectivity index (χ0v) is 16.5. The molecule has 1 atom stereocenters. The standard InChI is InChI=1S/C24H19FN4O2/c25-19-5-1-3-7-21(19)28-14-16(13-23(28)30)24(31)27-17-9-11-18(12-10-17)29-15-26-20-6-2-4-8-22(20)29/h1-12,15-16H,13-14H2,(H,27,31). The Labute approximate surface area is 177 Å². The van der Waals surface area contributed by atoms with Crippen molar-refractivity contribution < 1.29 is 14.0 Å². The van der Waals surface area contributed by atoms with Gasteiger partial charge in [0.05, 0.1) is 22.6 Å². The molecule has 1 aromatic heterocycles. The van der Waals surface area contributed by atoms with Crippen LogP contribution in [-0.4, -0.2) is 27.9 Å². The maximum Gasteiger partial charge on any atom is 0.229 e. The Morgan fingerprint density at radius 3 is 2.55 bits per heavy atom. The van der Waals surface area contributed by atoms with Crippen LogP contribution in [0.4, 0.5) is 15.8 Å². The van der Waals surface area contributed by atoms with Crippen molar-refractivity contribution >= 4 is 34.2 Å². The number of carbonyl (C=O) groups excluding carboxylic acids is 2. The number of nitrogens with one attached hydrogen (secondary N) is 1. The monoisotopic (exact) mass is 414 g/mol. The van der Waals surface area contributed by atoms with Crippen molar-refractivity contribution in [2.45, 2.75) is 6.42 Å². The number of halogens is 1. The molecule has 1 aliphatic heterocycles. The topological polar surface area (TPSA) is 67.2 Å². The van der Waals surface area contributed by atoms with Gasteiger partial charge in [-0.25, -0.2) is 9.37 Å². The van der Waals surface area contributed by atoms with Gasteiger partial charge in [0.1, 0.15) is 12.1 Å². The molecule has 2 amide bonds. The predicted molar refractivity (Wildman–Crippen MR) is 117 cm³/mol. The molecule has 0 radical (unpaired) electrons. The van der Waals surface area contributed by atoms with Crippen molar-refractivity contribution in [3.63, 3.8) is 0 Å². The van der Waals surface area contributed by atoms with Gasteiger partial charge in [-0.1, -0.05) is 24.3 Å². The van der Waals surface area contributed by atoms with E-state index in [0.29, 0.717) is 5.69 Å². The highest BCUT2D eigenvalue weighted by molar-refractivity contribution is 6.03. The van der Waals surface area contributed by atoms with Crippen molar-refractivity contribution in [3.8, 4) is 5.69 Å². The molecular weight excluding hydrogens is 395 g/mol. The van der Waals surface area contributed by atoms with Gasteiger partial charge in [0, 0.05) is 24.3 Å². The lowest BCUT2D eigenvalue weighted by Gasteiger charge is -2.17. The number of fused-ring (bicyclic) bond motifs is 1. The first-order valence-corrected chi connectivity index (χ1v) is 9.98. The van der Waals surface area contributed by atoms with Crippen molar-refractivity contribution in [2.75, 3.05) is 16.8 Å². The molecule has 31 heavy (non-hydrogen) atoms. The summed E-state index contributed by atoms with van der Waals surface area (Å²) in [5.74, 6) is -1.52. The number of hydrogen-bond donors (Lipinski definition) is 1. The third-order valence-corrected chi connectivity index (χ3v) is 5.51. The molecule has 2 heterocycles. The van der Waals surface area contributed by atoms with Crippen LogP contribution in [0.1, 0.15) is 6.42 Å². The SMILES string of the molecule is O=C(Nc1ccc(-n2cnc3ccccc32)cc1)C1CC(=O)N(c2ccccc2F)C1. The molecule has 6 nitrogen and oxygen atoms in total. The van der Waals surface area contributed by atoms with Crippen molar-refractivity contribution in [1.29, 1.82) is 0 Å². The van der Waals surface area contributed by atoms with Gasteiger partial charge >= 0.3 is 0 Å². The van der Waals surface area contributed by atoms with E-state index in [9.17, 15) is 14.0 Å². The highest BCUT2D eigenvalue weighted by Gasteiger charge is 2.36. The Morgan fingerprint density at radius 1 is 1.00 bits per heavy atom. The lowest BCUT2D eigenvalue weighted by Crippen LogP contribution is -2.28. The van der Waals surface area contributed by atoms with E-state index in [2.05, 4.69) is 10.3 Å². The largest absolute Gasteiger partial charge is 0.326 e. The second kappa shape index (κ2) is 7.68. The smallest absolute Gasteiger partial charge is 0.229 e. The van der Waals surface area contributed by atoms with E-state index >= 15 is 0 Å². The molecule has 154 valence electrons. The minimum absolute atomic E-state index is 0.0548. The van der Waals surface area contributed by atoms with E-state index in [1.807, 2.05) is 53.1 Å². The molecular formula is C24H19FN4O2. The minimum atomic E-state index is -0.538. The fourth-order valence-electron chi connectivity index (χ4n) is 3.90. The predicted octanol–water partition coefficient (Wildman–Crippen LogP) is 4.16. The number of benzene rings is 3. The van der Waals surface area contributed by atoms with E-state index in [4.69, 9.17) is 0 Å². The van der Waals surface area contributed by atoms with Gasteiger partial charge in [-0.2, -0.15) is 0 Å². The molecule has 0 spiro atoms. The van der Waals surface area contributed by atoms with E-state index < -0.39 is 11.7 Å². The Bertz CT molecular complexity index is 1280. The van der Waals surface area contributed by atoms with Crippen molar-refractivity contribution in [1.82, 2.24) is 9.55 Å². The molecule has 1 unspecified atom stereocenters. The average molecular weight is 414 g/mol. The number of rotatable bonds is 4. The average Bonchev–Trinajstić information content (AvgIpc) is 3.39. The number of nitrogens with zero attached hydrogens (tertiary/aromatic N) is 3. The van der Waals surface area contributed by atoms with Crippen LogP contribution in [0.5, 0.6) is 0 Å². The van der Waals surface area contributed by atoms with Crippen molar-refractivity contribution in [3.05, 3.63) is 84.9 Å². The van der Waals surface area contributed by atoms with Crippen LogP contribution >= 0.6 is 0 Å². The summed E-state index contributed by atoms with van der Waals surface area (Å²) in [7, 11) is 0. The zero-order chi connectivity index (χ0) is 21.4. The lowest BCUT2D eigenvalue weighted by atomic mass is 10.1. The van der Waals surface area contributed by atoms with Gasteiger partial charge in [-0.05, 0) is 48.5 Å². The van der Waals surface area contributed by atoms with Gasteiger partial charge < -0.3 is 10.2 Å². The molecule has 7 heteroatoms. The van der Waals surface area contributed by atoms with Crippen LogP contribution in [-0.2, 0) is 9.59 Å². The van der Waals surface area contributed by atoms with Gasteiger partial charge in [-0.3, -0.25) is 14.2 Å². The quantitative estimate of drug-likeness (QED) is 0.545. The van der Waals surface area contributed by atoms with E-state index in [-0.39, 0.29) is 30.5 Å². The van der Waals surface area contributed by atoms with Crippen LogP contribution in [0.3, 0.4) is 0 Å². The first kappa shape index (κ1) is 19.0. The summed E-state index contributed by atoms with van der Waals surface area (Å²) in [6, 6.07) is 21.4. The summed E-state index contributed by atoms with van der Waals surface area (Å²) >= 11 is 0. The summed E-state index contributed by atoms with van der Waals surface area (Å²) in [6.45, 7) is 0.157. The first-order valence-electron chi connectivity index (χ1n) is 9.98. The van der Waals surface area contributed by atoms with Crippen LogP contribution in [0.2, 0.25) is 0 Å². The van der Waals surface area contributed by atoms with Crippen LogP contribution < -0.4 is 10.2 Å². The Balaban J connectivity index is 1.29. The lowest BCUT2D eigenvalue weighted by molar-refractivity contribution is -0.122. The first-order chi connectivity index (χ1) is 15.1. The summed E-state index contributed by atoms with van der Waals surface area (Å²) in [6.07, 6.45) is 1.82. The summed E-state index contributed by atoms with van der Waals surface area (Å²) < 4.78 is 16.0. The van der Waals surface area contributed by atoms with E-state index in [0.717, 1.165) is 16.7 Å². The molecule has 0 aliphatic carbocycles. The normalized spacial score (nSPS) is 16.1. The van der Waals surface area contributed by atoms with Gasteiger partial charge in [0.15, 0.2) is 0 Å². The fourth-order valence-corrected chi connectivity index (χ4v) is 3.90. The van der Waals surface area contributed by atoms with Crippen molar-refractivity contribution in [2.24, 2.45) is 5.92 Å². The summed E-state index contributed by atoms with van der Waals surface area (Å²) in [5, 5.41) is 2.86. The Kier molecular flexibility index (Phi) is 4.71. The molecule has 5 rings (SSSR count). The number of para-hydroxylation sites is 3. The van der Waals surface area contributed by atoms with Gasteiger partial charge in [-0.15, -0.1) is 0 Å². The van der Waals surface area contributed by atoms with E-state index in [1.165, 1.54) is 11.0 Å². The highest BCUT2D eigenvalue weighted by Crippen LogP contribution is 2.28. The number of hydrogen-bond acceptors (Lipinski definition) is 3. The zero-order valence-electron chi connectivity index (χ0n) is 16.5. The number of carbonyl (C=O) groups is 2. The van der Waals surface area contributed by atoms with Gasteiger partial charge in [0.25, 0.3) is 0 Å². The van der Waals surface area contributed by atoms with E-state index in [1.54, 1.807) is 24.5 Å². The number of anilines is 2. The second-order valence-corrected chi connectivity index (χ2v) is 7.50. The molecule has 1 fully saturated rings. The highest BCUT2D eigenvalue weighted by atomic mass is 19.1. The molecule has 0 bridgehead atoms. The summed E-state index contributed by atoms with van der Waals surface area (Å²) in [4.78, 5) is 30.8.